The number of nitrogens with zero attached hydrogens (tertiary/aromatic N) is 3. The lowest BCUT2D eigenvalue weighted by Crippen LogP contribution is -2.43. The number of ether oxygens (including phenoxy) is 3. The van der Waals surface area contributed by atoms with Gasteiger partial charge in [-0.3, -0.25) is 23.7 Å². The highest BCUT2D eigenvalue weighted by Crippen LogP contribution is 2.54. The number of phenols is 1. The van der Waals surface area contributed by atoms with Crippen molar-refractivity contribution in [1.29, 1.82) is 0 Å². The standard InChI is InChI=1S/C30H29N3O9S2/c1-3-42-29(38)16-4-7-18(8-5-16)33-26(36)23-22(17-6-9-19(34)20(14-17)40-2)25-28(43-24(23)27(33)37)32(30(39)44-25)15-21(35)31-10-12-41-13-11-31/h4-9,14,22-24,34H,3,10-13,15H2,1-2H3/t22-,23+,24-/m0/s1. The Morgan fingerprint density at radius 3 is 2.45 bits per heavy atom. The molecule has 3 atom stereocenters. The van der Waals surface area contributed by atoms with Crippen molar-refractivity contribution in [2.24, 2.45) is 5.92 Å². The summed E-state index contributed by atoms with van der Waals surface area (Å²) in [5.74, 6) is -3.23. The molecule has 3 aliphatic rings. The van der Waals surface area contributed by atoms with Gasteiger partial charge in [0.2, 0.25) is 17.7 Å². The lowest BCUT2D eigenvalue weighted by Gasteiger charge is -2.31. The van der Waals surface area contributed by atoms with Crippen LogP contribution in [0, 0.1) is 5.92 Å². The average Bonchev–Trinajstić information content (AvgIpc) is 3.48. The molecule has 1 N–H and O–H groups in total. The third-order valence-corrected chi connectivity index (χ3v) is 10.5. The molecule has 14 heteroatoms. The summed E-state index contributed by atoms with van der Waals surface area (Å²) in [5.41, 5.74) is 1.16. The quantitative estimate of drug-likeness (QED) is 0.302. The molecule has 44 heavy (non-hydrogen) atoms. The van der Waals surface area contributed by atoms with Gasteiger partial charge in [0.15, 0.2) is 11.5 Å². The number of anilines is 1. The Balaban J connectivity index is 1.41. The number of amides is 3. The second-order valence-electron chi connectivity index (χ2n) is 10.4. The predicted molar refractivity (Wildman–Crippen MR) is 161 cm³/mol. The van der Waals surface area contributed by atoms with Crippen LogP contribution < -0.4 is 14.5 Å². The number of carbonyl (C=O) groups excluding carboxylic acids is 4. The Morgan fingerprint density at radius 2 is 1.77 bits per heavy atom. The van der Waals surface area contributed by atoms with Gasteiger partial charge < -0.3 is 24.2 Å². The third-order valence-electron chi connectivity index (χ3n) is 7.91. The van der Waals surface area contributed by atoms with Gasteiger partial charge in [-0.1, -0.05) is 29.2 Å². The first kappa shape index (κ1) is 29.9. The van der Waals surface area contributed by atoms with E-state index in [1.54, 1.807) is 24.0 Å². The molecule has 2 aromatic carbocycles. The highest BCUT2D eigenvalue weighted by Gasteiger charge is 2.57. The molecule has 230 valence electrons. The fourth-order valence-electron chi connectivity index (χ4n) is 5.77. The van der Waals surface area contributed by atoms with E-state index in [4.69, 9.17) is 14.2 Å². The lowest BCUT2D eigenvalue weighted by molar-refractivity contribution is -0.136. The Bertz CT molecular complexity index is 1690. The maximum atomic E-state index is 14.1. The monoisotopic (exact) mass is 639 g/mol. The van der Waals surface area contributed by atoms with Gasteiger partial charge in [0.05, 0.1) is 49.1 Å². The van der Waals surface area contributed by atoms with Crippen LogP contribution in [0.25, 0.3) is 0 Å². The zero-order valence-electron chi connectivity index (χ0n) is 23.9. The fourth-order valence-corrected chi connectivity index (χ4v) is 8.54. The zero-order valence-corrected chi connectivity index (χ0v) is 25.5. The number of aromatic hydroxyl groups is 1. The highest BCUT2D eigenvalue weighted by molar-refractivity contribution is 8.00. The van der Waals surface area contributed by atoms with Gasteiger partial charge >= 0.3 is 10.8 Å². The number of benzene rings is 2. The summed E-state index contributed by atoms with van der Waals surface area (Å²) in [7, 11) is 1.40. The van der Waals surface area contributed by atoms with Crippen LogP contribution in [0.4, 0.5) is 5.69 Å². The van der Waals surface area contributed by atoms with Crippen LogP contribution in [-0.2, 0) is 30.4 Å². The summed E-state index contributed by atoms with van der Waals surface area (Å²) in [6, 6.07) is 10.7. The molecule has 2 saturated heterocycles. The highest BCUT2D eigenvalue weighted by atomic mass is 32.2. The van der Waals surface area contributed by atoms with E-state index in [1.165, 1.54) is 42.0 Å². The van der Waals surface area contributed by atoms with Crippen LogP contribution in [-0.4, -0.2) is 83.5 Å². The Morgan fingerprint density at radius 1 is 1.05 bits per heavy atom. The number of esters is 1. The molecule has 0 unspecified atom stereocenters. The van der Waals surface area contributed by atoms with Crippen LogP contribution >= 0.6 is 23.1 Å². The minimum atomic E-state index is -0.900. The van der Waals surface area contributed by atoms with Crippen molar-refractivity contribution in [3.63, 3.8) is 0 Å². The number of methoxy groups -OCH3 is 1. The molecule has 12 nitrogen and oxygen atoms in total. The van der Waals surface area contributed by atoms with E-state index in [0.29, 0.717) is 47.5 Å². The van der Waals surface area contributed by atoms with Crippen molar-refractivity contribution < 1.29 is 38.5 Å². The second-order valence-corrected chi connectivity index (χ2v) is 12.5. The van der Waals surface area contributed by atoms with Crippen LogP contribution in [0.2, 0.25) is 0 Å². The number of hydrogen-bond donors (Lipinski definition) is 1. The van der Waals surface area contributed by atoms with Gasteiger partial charge in [-0.2, -0.15) is 0 Å². The van der Waals surface area contributed by atoms with Crippen molar-refractivity contribution in [2.75, 3.05) is 44.9 Å². The molecule has 3 aliphatic heterocycles. The molecule has 3 aromatic rings. The van der Waals surface area contributed by atoms with Crippen molar-refractivity contribution in [3.05, 3.63) is 68.1 Å². The molecule has 0 aliphatic carbocycles. The van der Waals surface area contributed by atoms with Crippen LogP contribution in [0.3, 0.4) is 0 Å². The van der Waals surface area contributed by atoms with Gasteiger partial charge in [0.1, 0.15) is 11.8 Å². The van der Waals surface area contributed by atoms with E-state index in [0.717, 1.165) is 28.0 Å². The number of aromatic nitrogens is 1. The largest absolute Gasteiger partial charge is 0.504 e. The minimum absolute atomic E-state index is 0.0998. The van der Waals surface area contributed by atoms with Gasteiger partial charge in [0, 0.05) is 23.9 Å². The van der Waals surface area contributed by atoms with Crippen LogP contribution in [0.15, 0.2) is 52.3 Å². The maximum Gasteiger partial charge on any atom is 0.338 e. The molecule has 0 bridgehead atoms. The van der Waals surface area contributed by atoms with Crippen molar-refractivity contribution in [2.45, 2.75) is 29.7 Å². The zero-order chi connectivity index (χ0) is 31.1. The Kier molecular flexibility index (Phi) is 8.22. The fraction of sp³-hybridized carbons (Fsp3) is 0.367. The Hall–Kier alpha value is -4.14. The maximum absolute atomic E-state index is 14.1. The smallest absolute Gasteiger partial charge is 0.338 e. The summed E-state index contributed by atoms with van der Waals surface area (Å²) >= 11 is 2.05. The first-order valence-corrected chi connectivity index (χ1v) is 15.7. The normalized spacial score (nSPS) is 21.2. The SMILES string of the molecule is CCOC(=O)c1ccc(N2C(=O)[C@@H]3[C@H](c4ccc(O)c(OC)c4)c4sc(=O)n(CC(=O)N5CCOCC5)c4S[C@@H]3C2=O)cc1. The number of morpholine rings is 1. The van der Waals surface area contributed by atoms with Gasteiger partial charge in [-0.15, -0.1) is 0 Å². The van der Waals surface area contributed by atoms with Crippen molar-refractivity contribution in [3.8, 4) is 11.5 Å². The van der Waals surface area contributed by atoms with E-state index >= 15 is 0 Å². The Labute approximate surface area is 260 Å². The summed E-state index contributed by atoms with van der Waals surface area (Å²) < 4.78 is 17.1. The molecule has 0 saturated carbocycles. The average molecular weight is 640 g/mol. The van der Waals surface area contributed by atoms with Gasteiger partial charge in [-0.25, -0.2) is 9.69 Å². The number of phenolic OH excluding ortho intramolecular Hbond substituents is 1. The number of fused-ring (bicyclic) bond motifs is 2. The number of imide groups is 1. The number of thiazole rings is 1. The number of rotatable bonds is 7. The van der Waals surface area contributed by atoms with E-state index in [9.17, 15) is 29.1 Å². The molecule has 1 aromatic heterocycles. The third kappa shape index (κ3) is 5.16. The van der Waals surface area contributed by atoms with Gasteiger partial charge in [-0.05, 0) is 48.9 Å². The topological polar surface area (TPSA) is 145 Å². The van der Waals surface area contributed by atoms with E-state index in [2.05, 4.69) is 0 Å². The van der Waals surface area contributed by atoms with Crippen molar-refractivity contribution >= 4 is 52.5 Å². The molecule has 4 heterocycles. The van der Waals surface area contributed by atoms with E-state index in [1.807, 2.05) is 0 Å². The molecule has 2 fully saturated rings. The lowest BCUT2D eigenvalue weighted by atomic mass is 9.83. The number of carbonyl (C=O) groups is 4. The molecular formula is C30H29N3O9S2. The second kappa shape index (κ2) is 12.1. The number of hydrogen-bond acceptors (Lipinski definition) is 11. The first-order valence-electron chi connectivity index (χ1n) is 14.0. The summed E-state index contributed by atoms with van der Waals surface area (Å²) in [6.45, 7) is 3.37. The van der Waals surface area contributed by atoms with Crippen LogP contribution in [0.1, 0.15) is 33.6 Å². The molecule has 3 amide bonds. The summed E-state index contributed by atoms with van der Waals surface area (Å²) in [6.07, 6.45) is 0. The first-order chi connectivity index (χ1) is 21.2. The molecule has 6 rings (SSSR count). The van der Waals surface area contributed by atoms with Crippen molar-refractivity contribution in [1.82, 2.24) is 9.47 Å². The van der Waals surface area contributed by atoms with E-state index < -0.39 is 34.9 Å². The molecule has 0 spiro atoms. The van der Waals surface area contributed by atoms with E-state index in [-0.39, 0.29) is 41.0 Å². The minimum Gasteiger partial charge on any atom is -0.504 e. The van der Waals surface area contributed by atoms with Crippen LogP contribution in [0.5, 0.6) is 11.5 Å². The molecule has 0 radical (unpaired) electrons. The van der Waals surface area contributed by atoms with Gasteiger partial charge in [0.25, 0.3) is 0 Å². The number of thioether (sulfide) groups is 1. The molecular weight excluding hydrogens is 610 g/mol. The summed E-state index contributed by atoms with van der Waals surface area (Å²) in [4.78, 5) is 69.8. The predicted octanol–water partition coefficient (Wildman–Crippen LogP) is 2.46. The summed E-state index contributed by atoms with van der Waals surface area (Å²) in [5, 5.41) is 9.83.